The molecule has 2 aromatic carbocycles. The summed E-state index contributed by atoms with van der Waals surface area (Å²) in [7, 11) is 3.28. The predicted molar refractivity (Wildman–Crippen MR) is 131 cm³/mol. The van der Waals surface area contributed by atoms with Gasteiger partial charge >= 0.3 is 5.97 Å². The van der Waals surface area contributed by atoms with Gasteiger partial charge in [-0.3, -0.25) is 9.88 Å². The molecule has 6 heteroatoms. The number of rotatable bonds is 7. The standard InChI is InChI=1S/C28H32N2O4/c1-4-18-17-30-14-12-20(18)15-26(30)27(34-28(31)19-5-7-21(32-2)8-6-19)23-11-13-29-25-10-9-22(33-3)16-24(23)25/h5-11,13,16,18,20,26-27H,4,12,14-15,17H2,1-3H3/t18-,20-,26-,27+/m0/s1. The maximum atomic E-state index is 13.3. The molecule has 4 heterocycles. The van der Waals surface area contributed by atoms with Crippen molar-refractivity contribution in [3.8, 4) is 11.5 Å². The first-order valence-corrected chi connectivity index (χ1v) is 12.1. The van der Waals surface area contributed by atoms with Gasteiger partial charge in [-0.05, 0) is 79.8 Å². The minimum atomic E-state index is -0.396. The fraction of sp³-hybridized carbons (Fsp3) is 0.429. The highest BCUT2D eigenvalue weighted by molar-refractivity contribution is 5.90. The highest BCUT2D eigenvalue weighted by Gasteiger charge is 2.44. The SMILES string of the molecule is CC[C@H]1CN2CC[C@H]1C[C@H]2[C@H](OC(=O)c1ccc(OC)cc1)c1ccnc2ccc(OC)cc12. The van der Waals surface area contributed by atoms with E-state index in [0.717, 1.165) is 47.6 Å². The van der Waals surface area contributed by atoms with E-state index >= 15 is 0 Å². The van der Waals surface area contributed by atoms with Crippen LogP contribution in [0.1, 0.15) is 48.2 Å². The van der Waals surface area contributed by atoms with Crippen LogP contribution in [-0.4, -0.2) is 49.2 Å². The minimum Gasteiger partial charge on any atom is -0.497 e. The summed E-state index contributed by atoms with van der Waals surface area (Å²) in [5.41, 5.74) is 2.37. The van der Waals surface area contributed by atoms with Crippen molar-refractivity contribution in [3.63, 3.8) is 0 Å². The molecule has 0 spiro atoms. The summed E-state index contributed by atoms with van der Waals surface area (Å²) in [4.78, 5) is 20.4. The smallest absolute Gasteiger partial charge is 0.338 e. The van der Waals surface area contributed by atoms with Crippen molar-refractivity contribution in [1.29, 1.82) is 0 Å². The zero-order valence-electron chi connectivity index (χ0n) is 20.1. The average molecular weight is 461 g/mol. The molecule has 1 unspecified atom stereocenters. The summed E-state index contributed by atoms with van der Waals surface area (Å²) in [5.74, 6) is 2.54. The maximum Gasteiger partial charge on any atom is 0.338 e. The lowest BCUT2D eigenvalue weighted by molar-refractivity contribution is -0.0659. The van der Waals surface area contributed by atoms with Gasteiger partial charge in [-0.1, -0.05) is 13.3 Å². The molecule has 0 saturated carbocycles. The van der Waals surface area contributed by atoms with Gasteiger partial charge in [-0.25, -0.2) is 4.79 Å². The number of nitrogens with zero attached hydrogens (tertiary/aromatic N) is 2. The number of hydrogen-bond acceptors (Lipinski definition) is 6. The Kier molecular flexibility index (Phi) is 6.42. The fourth-order valence-electron chi connectivity index (χ4n) is 5.74. The van der Waals surface area contributed by atoms with Gasteiger partial charge in [-0.15, -0.1) is 0 Å². The van der Waals surface area contributed by atoms with Gasteiger partial charge in [0.05, 0.1) is 31.3 Å². The second-order valence-corrected chi connectivity index (χ2v) is 9.35. The van der Waals surface area contributed by atoms with E-state index in [4.69, 9.17) is 14.2 Å². The van der Waals surface area contributed by atoms with Crippen LogP contribution in [0, 0.1) is 11.8 Å². The van der Waals surface area contributed by atoms with Crippen LogP contribution in [0.3, 0.4) is 0 Å². The molecule has 0 radical (unpaired) electrons. The molecule has 3 saturated heterocycles. The predicted octanol–water partition coefficient (Wildman–Crippen LogP) is 5.27. The van der Waals surface area contributed by atoms with Crippen molar-refractivity contribution in [2.75, 3.05) is 27.3 Å². The van der Waals surface area contributed by atoms with Gasteiger partial charge in [0.25, 0.3) is 0 Å². The van der Waals surface area contributed by atoms with E-state index in [1.54, 1.807) is 38.5 Å². The summed E-state index contributed by atoms with van der Waals surface area (Å²) < 4.78 is 17.1. The summed E-state index contributed by atoms with van der Waals surface area (Å²) in [6.07, 6.45) is 4.86. The van der Waals surface area contributed by atoms with Crippen molar-refractivity contribution in [2.45, 2.75) is 38.3 Å². The van der Waals surface area contributed by atoms with Crippen LogP contribution >= 0.6 is 0 Å². The average Bonchev–Trinajstić information content (AvgIpc) is 2.91. The number of methoxy groups -OCH3 is 2. The monoisotopic (exact) mass is 460 g/mol. The Morgan fingerprint density at radius 2 is 1.85 bits per heavy atom. The molecule has 3 aliphatic heterocycles. The van der Waals surface area contributed by atoms with Gasteiger partial charge in [0.2, 0.25) is 0 Å². The highest BCUT2D eigenvalue weighted by Crippen LogP contribution is 2.44. The number of hydrogen-bond donors (Lipinski definition) is 0. The second kappa shape index (κ2) is 9.63. The lowest BCUT2D eigenvalue weighted by atomic mass is 9.72. The number of carbonyl (C=O) groups excluding carboxylic acids is 1. The zero-order chi connectivity index (χ0) is 23.7. The van der Waals surface area contributed by atoms with Crippen LogP contribution in [-0.2, 0) is 4.74 Å². The van der Waals surface area contributed by atoms with E-state index in [9.17, 15) is 4.79 Å². The first kappa shape index (κ1) is 22.7. The molecule has 0 amide bonds. The zero-order valence-corrected chi connectivity index (χ0v) is 20.1. The van der Waals surface area contributed by atoms with Crippen LogP contribution in [0.15, 0.2) is 54.7 Å². The molecule has 3 aliphatic rings. The number of pyridine rings is 1. The normalized spacial score (nSPS) is 24.6. The number of aromatic nitrogens is 1. The van der Waals surface area contributed by atoms with Crippen molar-refractivity contribution >= 4 is 16.9 Å². The summed E-state index contributed by atoms with van der Waals surface area (Å²) in [6.45, 7) is 4.40. The largest absolute Gasteiger partial charge is 0.497 e. The Hall–Kier alpha value is -3.12. The number of piperidine rings is 3. The maximum absolute atomic E-state index is 13.3. The molecule has 2 bridgehead atoms. The summed E-state index contributed by atoms with van der Waals surface area (Å²) in [5, 5.41) is 0.962. The molecule has 6 rings (SSSR count). The fourth-order valence-corrected chi connectivity index (χ4v) is 5.74. The van der Waals surface area contributed by atoms with E-state index < -0.39 is 6.10 Å². The molecule has 0 aliphatic carbocycles. The van der Waals surface area contributed by atoms with E-state index in [-0.39, 0.29) is 12.0 Å². The third-order valence-electron chi connectivity index (χ3n) is 7.66. The minimum absolute atomic E-state index is 0.139. The Morgan fingerprint density at radius 3 is 2.53 bits per heavy atom. The van der Waals surface area contributed by atoms with Crippen molar-refractivity contribution in [2.24, 2.45) is 11.8 Å². The van der Waals surface area contributed by atoms with Crippen LogP contribution < -0.4 is 9.47 Å². The van der Waals surface area contributed by atoms with E-state index in [1.165, 1.54) is 12.8 Å². The number of benzene rings is 2. The van der Waals surface area contributed by atoms with Crippen LogP contribution in [0.4, 0.5) is 0 Å². The van der Waals surface area contributed by atoms with Gasteiger partial charge in [0, 0.05) is 23.7 Å². The van der Waals surface area contributed by atoms with Crippen LogP contribution in [0.5, 0.6) is 11.5 Å². The van der Waals surface area contributed by atoms with Crippen molar-refractivity contribution in [3.05, 3.63) is 65.9 Å². The molecule has 3 aromatic rings. The molecular weight excluding hydrogens is 428 g/mol. The molecule has 0 N–H and O–H groups in total. The van der Waals surface area contributed by atoms with Gasteiger partial charge in [0.1, 0.15) is 17.6 Å². The van der Waals surface area contributed by atoms with E-state index in [2.05, 4.69) is 16.8 Å². The van der Waals surface area contributed by atoms with Crippen LogP contribution in [0.2, 0.25) is 0 Å². The van der Waals surface area contributed by atoms with E-state index in [1.807, 2.05) is 30.5 Å². The van der Waals surface area contributed by atoms with Crippen molar-refractivity contribution < 1.29 is 19.0 Å². The lowest BCUT2D eigenvalue weighted by Gasteiger charge is -2.51. The third kappa shape index (κ3) is 4.23. The molecule has 6 nitrogen and oxygen atoms in total. The van der Waals surface area contributed by atoms with E-state index in [0.29, 0.717) is 17.2 Å². The quantitative estimate of drug-likeness (QED) is 0.448. The highest BCUT2D eigenvalue weighted by atomic mass is 16.5. The first-order valence-electron chi connectivity index (χ1n) is 12.1. The Labute approximate surface area is 200 Å². The van der Waals surface area contributed by atoms with Crippen molar-refractivity contribution in [1.82, 2.24) is 9.88 Å². The summed E-state index contributed by atoms with van der Waals surface area (Å²) in [6, 6.07) is 15.1. The summed E-state index contributed by atoms with van der Waals surface area (Å²) >= 11 is 0. The van der Waals surface area contributed by atoms with Gasteiger partial charge < -0.3 is 14.2 Å². The number of ether oxygens (including phenoxy) is 3. The number of esters is 1. The second-order valence-electron chi connectivity index (χ2n) is 9.35. The van der Waals surface area contributed by atoms with Gasteiger partial charge in [-0.2, -0.15) is 0 Å². The molecule has 178 valence electrons. The molecule has 5 atom stereocenters. The Morgan fingerprint density at radius 1 is 1.09 bits per heavy atom. The Bertz CT molecular complexity index is 1160. The lowest BCUT2D eigenvalue weighted by Crippen LogP contribution is -2.55. The molecule has 3 fully saturated rings. The third-order valence-corrected chi connectivity index (χ3v) is 7.66. The number of carbonyl (C=O) groups is 1. The Balaban J connectivity index is 1.54. The van der Waals surface area contributed by atoms with Gasteiger partial charge in [0.15, 0.2) is 0 Å². The molecule has 34 heavy (non-hydrogen) atoms. The number of fused-ring (bicyclic) bond motifs is 4. The topological polar surface area (TPSA) is 60.9 Å². The first-order chi connectivity index (χ1) is 16.6. The molecular formula is C28H32N2O4. The van der Waals surface area contributed by atoms with Crippen LogP contribution in [0.25, 0.3) is 10.9 Å². The molecule has 1 aromatic heterocycles.